The minimum atomic E-state index is -0.285. The van der Waals surface area contributed by atoms with Gasteiger partial charge in [0.05, 0.1) is 0 Å². The Balaban J connectivity index is 2.61. The summed E-state index contributed by atoms with van der Waals surface area (Å²) in [6, 6.07) is 4.97. The van der Waals surface area contributed by atoms with E-state index in [-0.39, 0.29) is 11.2 Å². The van der Waals surface area contributed by atoms with Crippen molar-refractivity contribution >= 4 is 11.6 Å². The van der Waals surface area contributed by atoms with Crippen LogP contribution in [0.4, 0.5) is 4.39 Å². The van der Waals surface area contributed by atoms with Gasteiger partial charge in [-0.05, 0) is 36.1 Å². The first-order chi connectivity index (χ1) is 7.29. The Morgan fingerprint density at radius 3 is 2.44 bits per heavy atom. The van der Waals surface area contributed by atoms with Crippen LogP contribution in [0.3, 0.4) is 0 Å². The van der Waals surface area contributed by atoms with Crippen molar-refractivity contribution in [2.45, 2.75) is 40.3 Å². The number of hydrogen-bond donors (Lipinski definition) is 1. The smallest absolute Gasteiger partial charge is 0.125 e. The van der Waals surface area contributed by atoms with E-state index in [0.29, 0.717) is 17.6 Å². The van der Waals surface area contributed by atoms with Gasteiger partial charge in [-0.3, -0.25) is 0 Å². The molecular weight excluding hydrogens is 225 g/mol. The van der Waals surface area contributed by atoms with Crippen molar-refractivity contribution in [3.63, 3.8) is 0 Å². The molecule has 0 heterocycles. The van der Waals surface area contributed by atoms with Gasteiger partial charge in [0.2, 0.25) is 0 Å². The Kier molecular flexibility index (Phi) is 4.34. The fourth-order valence-corrected chi connectivity index (χ4v) is 1.53. The lowest BCUT2D eigenvalue weighted by Gasteiger charge is -2.28. The predicted molar refractivity (Wildman–Crippen MR) is 67.2 cm³/mol. The first-order valence-electron chi connectivity index (χ1n) is 5.47. The van der Waals surface area contributed by atoms with Gasteiger partial charge in [0.15, 0.2) is 0 Å². The van der Waals surface area contributed by atoms with Crippen LogP contribution in [0.15, 0.2) is 18.2 Å². The van der Waals surface area contributed by atoms with E-state index >= 15 is 0 Å². The molecular formula is C13H19ClFN. The molecule has 0 radical (unpaired) electrons. The Hall–Kier alpha value is -0.600. The molecule has 0 aromatic heterocycles. The molecule has 16 heavy (non-hydrogen) atoms. The number of halogens is 2. The van der Waals surface area contributed by atoms with E-state index in [9.17, 15) is 4.39 Å². The second-order valence-corrected chi connectivity index (χ2v) is 5.68. The van der Waals surface area contributed by atoms with Gasteiger partial charge in [0.1, 0.15) is 5.82 Å². The van der Waals surface area contributed by atoms with Crippen LogP contribution in [0.1, 0.15) is 33.3 Å². The molecule has 1 aromatic rings. The largest absolute Gasteiger partial charge is 0.310 e. The van der Waals surface area contributed by atoms with Crippen molar-refractivity contribution in [1.82, 2.24) is 5.32 Å². The molecule has 0 amide bonds. The molecule has 0 saturated carbocycles. The van der Waals surface area contributed by atoms with Gasteiger partial charge < -0.3 is 5.32 Å². The third kappa shape index (κ3) is 4.11. The van der Waals surface area contributed by atoms with Gasteiger partial charge in [-0.15, -0.1) is 0 Å². The Morgan fingerprint density at radius 1 is 1.31 bits per heavy atom. The summed E-state index contributed by atoms with van der Waals surface area (Å²) >= 11 is 5.79. The average molecular weight is 244 g/mol. The van der Waals surface area contributed by atoms with Crippen LogP contribution in [-0.4, -0.2) is 6.04 Å². The van der Waals surface area contributed by atoms with Crippen LogP contribution in [0.5, 0.6) is 0 Å². The normalized spacial score (nSPS) is 13.9. The monoisotopic (exact) mass is 243 g/mol. The standard InChI is InChI=1S/C13H19ClFN/c1-9(13(2,3)4)16-8-10-5-11(14)7-12(15)6-10/h5-7,9,16H,8H2,1-4H3. The Morgan fingerprint density at radius 2 is 1.94 bits per heavy atom. The molecule has 1 rings (SSSR count). The van der Waals surface area contributed by atoms with Crippen LogP contribution in [0, 0.1) is 11.2 Å². The molecule has 1 nitrogen and oxygen atoms in total. The summed E-state index contributed by atoms with van der Waals surface area (Å²) in [5, 5.41) is 3.81. The zero-order valence-corrected chi connectivity index (χ0v) is 11.0. The summed E-state index contributed by atoms with van der Waals surface area (Å²) in [5.41, 5.74) is 1.07. The fourth-order valence-electron chi connectivity index (χ4n) is 1.29. The zero-order valence-electron chi connectivity index (χ0n) is 10.3. The molecule has 1 atom stereocenters. The van der Waals surface area contributed by atoms with Crippen LogP contribution in [0.2, 0.25) is 5.02 Å². The van der Waals surface area contributed by atoms with Gasteiger partial charge in [-0.2, -0.15) is 0 Å². The lowest BCUT2D eigenvalue weighted by atomic mass is 9.88. The van der Waals surface area contributed by atoms with Crippen molar-refractivity contribution in [2.24, 2.45) is 5.41 Å². The predicted octanol–water partition coefficient (Wildman–Crippen LogP) is 4.00. The SMILES string of the molecule is CC(NCc1cc(F)cc(Cl)c1)C(C)(C)C. The van der Waals surface area contributed by atoms with E-state index in [2.05, 4.69) is 33.0 Å². The average Bonchev–Trinajstić information content (AvgIpc) is 2.11. The highest BCUT2D eigenvalue weighted by Gasteiger charge is 2.19. The maximum Gasteiger partial charge on any atom is 0.125 e. The Bertz CT molecular complexity index is 337. The molecule has 0 spiro atoms. The quantitative estimate of drug-likeness (QED) is 0.846. The van der Waals surface area contributed by atoms with Crippen molar-refractivity contribution in [3.05, 3.63) is 34.6 Å². The molecule has 0 aliphatic heterocycles. The number of hydrogen-bond acceptors (Lipinski definition) is 1. The van der Waals surface area contributed by atoms with E-state index in [1.54, 1.807) is 6.07 Å². The minimum Gasteiger partial charge on any atom is -0.310 e. The lowest BCUT2D eigenvalue weighted by molar-refractivity contribution is 0.285. The van der Waals surface area contributed by atoms with Gasteiger partial charge in [-0.25, -0.2) is 4.39 Å². The third-order valence-corrected chi connectivity index (χ3v) is 3.05. The maximum absolute atomic E-state index is 13.1. The first-order valence-corrected chi connectivity index (χ1v) is 5.85. The summed E-state index contributed by atoms with van der Waals surface area (Å²) in [6.07, 6.45) is 0. The summed E-state index contributed by atoms with van der Waals surface area (Å²) in [7, 11) is 0. The summed E-state index contributed by atoms with van der Waals surface area (Å²) in [5.74, 6) is -0.285. The summed E-state index contributed by atoms with van der Waals surface area (Å²) < 4.78 is 13.1. The molecule has 1 aromatic carbocycles. The van der Waals surface area contributed by atoms with E-state index in [4.69, 9.17) is 11.6 Å². The van der Waals surface area contributed by atoms with Gasteiger partial charge >= 0.3 is 0 Å². The fraction of sp³-hybridized carbons (Fsp3) is 0.538. The number of rotatable bonds is 3. The number of nitrogens with one attached hydrogen (secondary N) is 1. The summed E-state index contributed by atoms with van der Waals surface area (Å²) in [4.78, 5) is 0. The van der Waals surface area contributed by atoms with Crippen LogP contribution >= 0.6 is 11.6 Å². The third-order valence-electron chi connectivity index (χ3n) is 2.83. The van der Waals surface area contributed by atoms with Crippen LogP contribution in [-0.2, 0) is 6.54 Å². The van der Waals surface area contributed by atoms with E-state index < -0.39 is 0 Å². The highest BCUT2D eigenvalue weighted by Crippen LogP contribution is 2.19. The second-order valence-electron chi connectivity index (χ2n) is 5.25. The van der Waals surface area contributed by atoms with Crippen LogP contribution in [0.25, 0.3) is 0 Å². The molecule has 1 N–H and O–H groups in total. The van der Waals surface area contributed by atoms with Crippen molar-refractivity contribution in [1.29, 1.82) is 0 Å². The van der Waals surface area contributed by atoms with Crippen molar-refractivity contribution in [3.8, 4) is 0 Å². The molecule has 3 heteroatoms. The van der Waals surface area contributed by atoms with E-state index in [1.165, 1.54) is 12.1 Å². The van der Waals surface area contributed by atoms with Crippen LogP contribution < -0.4 is 5.32 Å². The molecule has 0 bridgehead atoms. The molecule has 1 unspecified atom stereocenters. The first kappa shape index (κ1) is 13.5. The highest BCUT2D eigenvalue weighted by atomic mass is 35.5. The molecule has 90 valence electrons. The van der Waals surface area contributed by atoms with Gasteiger partial charge in [0, 0.05) is 17.6 Å². The lowest BCUT2D eigenvalue weighted by Crippen LogP contribution is -2.37. The summed E-state index contributed by atoms with van der Waals surface area (Å²) in [6.45, 7) is 9.27. The molecule has 0 aliphatic carbocycles. The number of benzene rings is 1. The van der Waals surface area contributed by atoms with Gasteiger partial charge in [0.25, 0.3) is 0 Å². The zero-order chi connectivity index (χ0) is 12.3. The Labute approximate surface area is 102 Å². The van der Waals surface area contributed by atoms with E-state index in [1.807, 2.05) is 0 Å². The van der Waals surface area contributed by atoms with Crippen molar-refractivity contribution < 1.29 is 4.39 Å². The molecule has 0 saturated heterocycles. The van der Waals surface area contributed by atoms with E-state index in [0.717, 1.165) is 5.56 Å². The topological polar surface area (TPSA) is 12.0 Å². The second kappa shape index (κ2) is 5.15. The molecule has 0 aliphatic rings. The van der Waals surface area contributed by atoms with Gasteiger partial charge in [-0.1, -0.05) is 32.4 Å². The van der Waals surface area contributed by atoms with Crippen molar-refractivity contribution in [2.75, 3.05) is 0 Å². The maximum atomic E-state index is 13.1. The highest BCUT2D eigenvalue weighted by molar-refractivity contribution is 6.30. The molecule has 0 fully saturated rings. The minimum absolute atomic E-state index is 0.192.